The van der Waals surface area contributed by atoms with E-state index in [2.05, 4.69) is 35.6 Å². The van der Waals surface area contributed by atoms with Gasteiger partial charge < -0.3 is 10.1 Å². The van der Waals surface area contributed by atoms with E-state index in [1.165, 1.54) is 17.5 Å². The van der Waals surface area contributed by atoms with Crippen LogP contribution in [0.3, 0.4) is 0 Å². The fraction of sp³-hybridized carbons (Fsp3) is 0.294. The summed E-state index contributed by atoms with van der Waals surface area (Å²) >= 11 is 0. The van der Waals surface area contributed by atoms with Crippen LogP contribution in [-0.2, 0) is 6.61 Å². The molecule has 0 aliphatic carbocycles. The van der Waals surface area contributed by atoms with E-state index in [1.54, 1.807) is 0 Å². The normalized spacial score (nSPS) is 18.4. The number of hydrogen-bond acceptors (Lipinski definition) is 2. The molecule has 3 rings (SSSR count). The Morgan fingerprint density at radius 3 is 2.74 bits per heavy atom. The Labute approximate surface area is 114 Å². The lowest BCUT2D eigenvalue weighted by Crippen LogP contribution is -2.08. The summed E-state index contributed by atoms with van der Waals surface area (Å²) in [4.78, 5) is 0. The molecule has 2 aromatic rings. The van der Waals surface area contributed by atoms with E-state index in [1.807, 2.05) is 24.3 Å². The summed E-state index contributed by atoms with van der Waals surface area (Å²) in [5, 5.41) is 3.41. The molecule has 2 nitrogen and oxygen atoms in total. The van der Waals surface area contributed by atoms with Crippen molar-refractivity contribution in [2.24, 2.45) is 0 Å². The molecule has 1 heterocycles. The van der Waals surface area contributed by atoms with Crippen molar-refractivity contribution in [3.8, 4) is 5.75 Å². The molecule has 19 heavy (non-hydrogen) atoms. The van der Waals surface area contributed by atoms with Crippen LogP contribution in [0.15, 0.2) is 54.6 Å². The minimum Gasteiger partial charge on any atom is -0.489 e. The summed E-state index contributed by atoms with van der Waals surface area (Å²) in [5.74, 6) is 1.61. The number of benzene rings is 2. The van der Waals surface area contributed by atoms with Crippen LogP contribution in [-0.4, -0.2) is 13.1 Å². The Hall–Kier alpha value is -1.80. The summed E-state index contributed by atoms with van der Waals surface area (Å²) in [6.45, 7) is 2.84. The summed E-state index contributed by atoms with van der Waals surface area (Å²) in [6, 6.07) is 18.8. The van der Waals surface area contributed by atoms with E-state index in [0.29, 0.717) is 12.5 Å². The average molecular weight is 253 g/mol. The van der Waals surface area contributed by atoms with E-state index in [-0.39, 0.29) is 0 Å². The van der Waals surface area contributed by atoms with Crippen molar-refractivity contribution in [1.82, 2.24) is 5.32 Å². The third kappa shape index (κ3) is 3.15. The fourth-order valence-corrected chi connectivity index (χ4v) is 2.54. The molecule has 1 aliphatic heterocycles. The molecular weight excluding hydrogens is 234 g/mol. The average Bonchev–Trinajstić information content (AvgIpc) is 3.01. The molecule has 0 amide bonds. The minimum absolute atomic E-state index is 0.632. The van der Waals surface area contributed by atoms with Gasteiger partial charge in [0.2, 0.25) is 0 Å². The van der Waals surface area contributed by atoms with Crippen molar-refractivity contribution in [2.45, 2.75) is 18.9 Å². The first-order chi connectivity index (χ1) is 9.42. The predicted molar refractivity (Wildman–Crippen MR) is 77.4 cm³/mol. The summed E-state index contributed by atoms with van der Waals surface area (Å²) < 4.78 is 5.87. The maximum atomic E-state index is 5.87. The zero-order chi connectivity index (χ0) is 12.9. The highest BCUT2D eigenvalue weighted by Crippen LogP contribution is 2.25. The molecule has 1 fully saturated rings. The standard InChI is InChI=1S/C17H19NO/c1-2-5-14(6-3-1)13-19-17-8-4-7-15(11-17)16-9-10-18-12-16/h1-8,11,16,18H,9-10,12-13H2. The Morgan fingerprint density at radius 2 is 1.95 bits per heavy atom. The van der Waals surface area contributed by atoms with Crippen LogP contribution < -0.4 is 10.1 Å². The van der Waals surface area contributed by atoms with E-state index in [4.69, 9.17) is 4.74 Å². The van der Waals surface area contributed by atoms with Crippen LogP contribution in [0.25, 0.3) is 0 Å². The highest BCUT2D eigenvalue weighted by molar-refractivity contribution is 5.32. The molecule has 1 saturated heterocycles. The molecule has 1 unspecified atom stereocenters. The Kier molecular flexibility index (Phi) is 3.80. The Morgan fingerprint density at radius 1 is 1.05 bits per heavy atom. The topological polar surface area (TPSA) is 21.3 Å². The highest BCUT2D eigenvalue weighted by Gasteiger charge is 2.16. The van der Waals surface area contributed by atoms with Crippen molar-refractivity contribution in [3.63, 3.8) is 0 Å². The third-order valence-corrected chi connectivity index (χ3v) is 3.64. The number of hydrogen-bond donors (Lipinski definition) is 1. The van der Waals surface area contributed by atoms with Gasteiger partial charge in [0, 0.05) is 6.54 Å². The zero-order valence-corrected chi connectivity index (χ0v) is 11.0. The second-order valence-electron chi connectivity index (χ2n) is 5.04. The van der Waals surface area contributed by atoms with Crippen molar-refractivity contribution < 1.29 is 4.74 Å². The number of rotatable bonds is 4. The van der Waals surface area contributed by atoms with Crippen LogP contribution >= 0.6 is 0 Å². The van der Waals surface area contributed by atoms with Gasteiger partial charge >= 0.3 is 0 Å². The van der Waals surface area contributed by atoms with E-state index >= 15 is 0 Å². The molecule has 0 bridgehead atoms. The Balaban J connectivity index is 1.66. The third-order valence-electron chi connectivity index (χ3n) is 3.64. The molecule has 0 radical (unpaired) electrons. The first-order valence-corrected chi connectivity index (χ1v) is 6.89. The van der Waals surface area contributed by atoms with E-state index in [0.717, 1.165) is 18.8 Å². The van der Waals surface area contributed by atoms with Crippen molar-refractivity contribution in [3.05, 3.63) is 65.7 Å². The van der Waals surface area contributed by atoms with Gasteiger partial charge in [-0.15, -0.1) is 0 Å². The van der Waals surface area contributed by atoms with Gasteiger partial charge in [-0.05, 0) is 42.1 Å². The van der Waals surface area contributed by atoms with Gasteiger partial charge in [-0.25, -0.2) is 0 Å². The van der Waals surface area contributed by atoms with E-state index in [9.17, 15) is 0 Å². The van der Waals surface area contributed by atoms with Gasteiger partial charge in [0.05, 0.1) is 0 Å². The highest BCUT2D eigenvalue weighted by atomic mass is 16.5. The number of ether oxygens (including phenoxy) is 1. The number of nitrogens with one attached hydrogen (secondary N) is 1. The van der Waals surface area contributed by atoms with Crippen LogP contribution in [0.4, 0.5) is 0 Å². The van der Waals surface area contributed by atoms with Crippen LogP contribution in [0.5, 0.6) is 5.75 Å². The molecule has 2 heteroatoms. The molecule has 0 saturated carbocycles. The van der Waals surface area contributed by atoms with Crippen LogP contribution in [0.1, 0.15) is 23.5 Å². The van der Waals surface area contributed by atoms with Gasteiger partial charge in [-0.3, -0.25) is 0 Å². The monoisotopic (exact) mass is 253 g/mol. The second kappa shape index (κ2) is 5.89. The first kappa shape index (κ1) is 12.2. The van der Waals surface area contributed by atoms with Crippen molar-refractivity contribution in [2.75, 3.05) is 13.1 Å². The van der Waals surface area contributed by atoms with E-state index < -0.39 is 0 Å². The smallest absolute Gasteiger partial charge is 0.120 e. The maximum Gasteiger partial charge on any atom is 0.120 e. The molecule has 1 atom stereocenters. The van der Waals surface area contributed by atoms with Gasteiger partial charge in [0.25, 0.3) is 0 Å². The SMILES string of the molecule is c1ccc(COc2cccc(C3CCNC3)c2)cc1. The summed E-state index contributed by atoms with van der Waals surface area (Å²) in [5.41, 5.74) is 2.59. The summed E-state index contributed by atoms with van der Waals surface area (Å²) in [6.07, 6.45) is 1.22. The second-order valence-corrected chi connectivity index (χ2v) is 5.04. The quantitative estimate of drug-likeness (QED) is 0.902. The molecular formula is C17H19NO. The molecule has 0 spiro atoms. The minimum atomic E-state index is 0.632. The lowest BCUT2D eigenvalue weighted by Gasteiger charge is -2.11. The van der Waals surface area contributed by atoms with Crippen LogP contribution in [0, 0.1) is 0 Å². The van der Waals surface area contributed by atoms with Crippen molar-refractivity contribution >= 4 is 0 Å². The molecule has 1 aliphatic rings. The van der Waals surface area contributed by atoms with Gasteiger partial charge in [-0.2, -0.15) is 0 Å². The van der Waals surface area contributed by atoms with Crippen LogP contribution in [0.2, 0.25) is 0 Å². The lowest BCUT2D eigenvalue weighted by molar-refractivity contribution is 0.306. The fourth-order valence-electron chi connectivity index (χ4n) is 2.54. The lowest BCUT2D eigenvalue weighted by atomic mass is 9.98. The molecule has 98 valence electrons. The summed E-state index contributed by atoms with van der Waals surface area (Å²) in [7, 11) is 0. The zero-order valence-electron chi connectivity index (χ0n) is 11.0. The van der Waals surface area contributed by atoms with Gasteiger partial charge in [-0.1, -0.05) is 42.5 Å². The molecule has 1 N–H and O–H groups in total. The largest absolute Gasteiger partial charge is 0.489 e. The maximum absolute atomic E-state index is 5.87. The van der Waals surface area contributed by atoms with Gasteiger partial charge in [0.1, 0.15) is 12.4 Å². The Bertz CT molecular complexity index is 518. The first-order valence-electron chi connectivity index (χ1n) is 6.89. The molecule has 0 aromatic heterocycles. The predicted octanol–water partition coefficient (Wildman–Crippen LogP) is 3.34. The van der Waals surface area contributed by atoms with Crippen molar-refractivity contribution in [1.29, 1.82) is 0 Å². The van der Waals surface area contributed by atoms with Gasteiger partial charge in [0.15, 0.2) is 0 Å². The molecule has 2 aromatic carbocycles.